The van der Waals surface area contributed by atoms with Gasteiger partial charge in [0.25, 0.3) is 0 Å². The third kappa shape index (κ3) is 5.24. The lowest BCUT2D eigenvalue weighted by molar-refractivity contribution is -0.129. The maximum absolute atomic E-state index is 11.9. The van der Waals surface area contributed by atoms with E-state index in [1.165, 1.54) is 18.5 Å². The number of sulfonamides is 1. The number of nitrogens with one attached hydrogen (secondary N) is 2. The number of carbonyl (C=O) groups excluding carboxylic acids is 1. The van der Waals surface area contributed by atoms with Crippen LogP contribution in [0.3, 0.4) is 0 Å². The van der Waals surface area contributed by atoms with Gasteiger partial charge in [-0.25, -0.2) is 13.1 Å². The number of hydrogen-bond acceptors (Lipinski definition) is 5. The molecule has 112 valence electrons. The summed E-state index contributed by atoms with van der Waals surface area (Å²) in [6.45, 7) is 1.36. The molecule has 0 unspecified atom stereocenters. The molecule has 0 bridgehead atoms. The molecule has 1 heterocycles. The molecule has 1 aromatic heterocycles. The summed E-state index contributed by atoms with van der Waals surface area (Å²) in [6, 6.07) is 3.00. The van der Waals surface area contributed by atoms with Crippen molar-refractivity contribution in [2.75, 3.05) is 33.7 Å². The fourth-order valence-corrected chi connectivity index (χ4v) is 2.47. The van der Waals surface area contributed by atoms with E-state index < -0.39 is 10.0 Å². The Labute approximate surface area is 119 Å². The minimum absolute atomic E-state index is 0.0694. The molecule has 20 heavy (non-hydrogen) atoms. The van der Waals surface area contributed by atoms with Crippen molar-refractivity contribution in [1.29, 1.82) is 0 Å². The van der Waals surface area contributed by atoms with Gasteiger partial charge in [-0.2, -0.15) is 0 Å². The van der Waals surface area contributed by atoms with E-state index in [1.807, 2.05) is 0 Å². The summed E-state index contributed by atoms with van der Waals surface area (Å²) in [6.07, 6.45) is 2.89. The van der Waals surface area contributed by atoms with Gasteiger partial charge in [0.05, 0.1) is 0 Å². The van der Waals surface area contributed by atoms with Crippen molar-refractivity contribution >= 4 is 15.9 Å². The summed E-state index contributed by atoms with van der Waals surface area (Å²) >= 11 is 0. The van der Waals surface area contributed by atoms with Gasteiger partial charge in [-0.1, -0.05) is 0 Å². The van der Waals surface area contributed by atoms with Gasteiger partial charge in [-0.05, 0) is 19.2 Å². The second kappa shape index (κ2) is 7.93. The highest BCUT2D eigenvalue weighted by atomic mass is 32.2. The van der Waals surface area contributed by atoms with Crippen LogP contribution in [0.2, 0.25) is 0 Å². The van der Waals surface area contributed by atoms with Gasteiger partial charge in [0.15, 0.2) is 0 Å². The Morgan fingerprint density at radius 2 is 2.15 bits per heavy atom. The van der Waals surface area contributed by atoms with Crippen LogP contribution >= 0.6 is 0 Å². The Kier molecular flexibility index (Phi) is 6.56. The first-order valence-corrected chi connectivity index (χ1v) is 7.74. The van der Waals surface area contributed by atoms with E-state index >= 15 is 0 Å². The Morgan fingerprint density at radius 1 is 1.40 bits per heavy atom. The zero-order chi connectivity index (χ0) is 15.0. The smallest absolute Gasteiger partial charge is 0.242 e. The number of amides is 1. The molecule has 0 aliphatic carbocycles. The monoisotopic (exact) mass is 300 g/mol. The summed E-state index contributed by atoms with van der Waals surface area (Å²) in [5, 5.41) is 2.94. The average molecular weight is 300 g/mol. The van der Waals surface area contributed by atoms with Crippen LogP contribution in [0, 0.1) is 0 Å². The summed E-state index contributed by atoms with van der Waals surface area (Å²) in [5.41, 5.74) is 0. The van der Waals surface area contributed by atoms with Crippen molar-refractivity contribution in [2.24, 2.45) is 0 Å². The van der Waals surface area contributed by atoms with E-state index in [1.54, 1.807) is 25.1 Å². The number of rotatable bonds is 8. The van der Waals surface area contributed by atoms with Crippen LogP contribution < -0.4 is 10.0 Å². The Hall–Kier alpha value is -1.51. The molecule has 0 atom stereocenters. The third-order valence-electron chi connectivity index (χ3n) is 2.70. The van der Waals surface area contributed by atoms with Crippen LogP contribution in [0.25, 0.3) is 0 Å². The predicted molar refractivity (Wildman–Crippen MR) is 75.6 cm³/mol. The van der Waals surface area contributed by atoms with Crippen LogP contribution in [-0.4, -0.2) is 57.9 Å². The predicted octanol–water partition coefficient (Wildman–Crippen LogP) is -0.572. The van der Waals surface area contributed by atoms with Gasteiger partial charge in [-0.3, -0.25) is 9.78 Å². The minimum Gasteiger partial charge on any atom is -0.344 e. The van der Waals surface area contributed by atoms with Crippen molar-refractivity contribution in [1.82, 2.24) is 19.9 Å². The molecule has 0 radical (unpaired) electrons. The zero-order valence-corrected chi connectivity index (χ0v) is 12.5. The zero-order valence-electron chi connectivity index (χ0n) is 11.7. The largest absolute Gasteiger partial charge is 0.344 e. The van der Waals surface area contributed by atoms with E-state index in [0.29, 0.717) is 13.1 Å². The van der Waals surface area contributed by atoms with Gasteiger partial charge in [0.2, 0.25) is 15.9 Å². The molecule has 0 fully saturated rings. The molecule has 0 spiro atoms. The summed E-state index contributed by atoms with van der Waals surface area (Å²) in [7, 11) is -0.0985. The van der Waals surface area contributed by atoms with Crippen LogP contribution in [0.5, 0.6) is 0 Å². The first-order valence-electron chi connectivity index (χ1n) is 6.25. The maximum Gasteiger partial charge on any atom is 0.242 e. The topological polar surface area (TPSA) is 91.4 Å². The maximum atomic E-state index is 11.9. The van der Waals surface area contributed by atoms with Crippen LogP contribution in [0.4, 0.5) is 0 Å². The molecule has 0 aliphatic rings. The van der Waals surface area contributed by atoms with Crippen LogP contribution in [0.1, 0.15) is 6.42 Å². The quantitative estimate of drug-likeness (QED) is 0.671. The molecule has 2 N–H and O–H groups in total. The van der Waals surface area contributed by atoms with Crippen molar-refractivity contribution in [2.45, 2.75) is 11.3 Å². The highest BCUT2D eigenvalue weighted by Crippen LogP contribution is 2.05. The molecule has 1 aromatic rings. The molecular formula is C12H20N4O3S. The molecular weight excluding hydrogens is 280 g/mol. The fourth-order valence-electron chi connectivity index (χ4n) is 1.48. The molecule has 8 heteroatoms. The van der Waals surface area contributed by atoms with E-state index in [2.05, 4.69) is 15.0 Å². The highest BCUT2D eigenvalue weighted by molar-refractivity contribution is 7.89. The van der Waals surface area contributed by atoms with E-state index in [9.17, 15) is 13.2 Å². The lowest BCUT2D eigenvalue weighted by atomic mass is 10.3. The molecule has 0 saturated carbocycles. The molecule has 7 nitrogen and oxygen atoms in total. The SMILES string of the molecule is CNCCN(C)C(=O)CCNS(=O)(=O)c1cccnc1. The Morgan fingerprint density at radius 3 is 2.75 bits per heavy atom. The van der Waals surface area contributed by atoms with Crippen molar-refractivity contribution < 1.29 is 13.2 Å². The van der Waals surface area contributed by atoms with E-state index in [4.69, 9.17) is 0 Å². The van der Waals surface area contributed by atoms with Crippen LogP contribution in [0.15, 0.2) is 29.4 Å². The van der Waals surface area contributed by atoms with Crippen LogP contribution in [-0.2, 0) is 14.8 Å². The Balaban J connectivity index is 2.42. The van der Waals surface area contributed by atoms with E-state index in [-0.39, 0.29) is 23.8 Å². The first kappa shape index (κ1) is 16.5. The van der Waals surface area contributed by atoms with Gasteiger partial charge < -0.3 is 10.2 Å². The van der Waals surface area contributed by atoms with Gasteiger partial charge in [0.1, 0.15) is 4.90 Å². The molecule has 0 saturated heterocycles. The number of carbonyl (C=O) groups is 1. The number of nitrogens with zero attached hydrogens (tertiary/aromatic N) is 2. The number of pyridine rings is 1. The lowest BCUT2D eigenvalue weighted by Gasteiger charge is -2.16. The van der Waals surface area contributed by atoms with E-state index in [0.717, 1.165) is 0 Å². The normalized spacial score (nSPS) is 11.3. The van der Waals surface area contributed by atoms with Gasteiger partial charge in [-0.15, -0.1) is 0 Å². The first-order chi connectivity index (χ1) is 9.47. The average Bonchev–Trinajstić information content (AvgIpc) is 2.45. The number of hydrogen-bond donors (Lipinski definition) is 2. The van der Waals surface area contributed by atoms with Crippen molar-refractivity contribution in [3.8, 4) is 0 Å². The Bertz CT molecular complexity index is 519. The molecule has 1 rings (SSSR count). The summed E-state index contributed by atoms with van der Waals surface area (Å²) < 4.78 is 26.1. The molecule has 0 aromatic carbocycles. The molecule has 1 amide bonds. The lowest BCUT2D eigenvalue weighted by Crippen LogP contribution is -2.35. The summed E-state index contributed by atoms with van der Waals surface area (Å²) in [4.78, 5) is 17.1. The van der Waals surface area contributed by atoms with Crippen molar-refractivity contribution in [3.63, 3.8) is 0 Å². The number of aromatic nitrogens is 1. The van der Waals surface area contributed by atoms with Gasteiger partial charge in [0, 0.05) is 45.5 Å². The second-order valence-electron chi connectivity index (χ2n) is 4.26. The third-order valence-corrected chi connectivity index (χ3v) is 4.14. The standard InChI is InChI=1S/C12H20N4O3S/c1-13-8-9-16(2)12(17)5-7-15-20(18,19)11-4-3-6-14-10-11/h3-4,6,10,13,15H,5,7-9H2,1-2H3. The minimum atomic E-state index is -3.59. The molecule has 0 aliphatic heterocycles. The van der Waals surface area contributed by atoms with Gasteiger partial charge >= 0.3 is 0 Å². The summed E-state index contributed by atoms with van der Waals surface area (Å²) in [5.74, 6) is -0.103. The number of likely N-dealkylation sites (N-methyl/N-ethyl adjacent to an activating group) is 2. The fraction of sp³-hybridized carbons (Fsp3) is 0.500. The second-order valence-corrected chi connectivity index (χ2v) is 6.02. The highest BCUT2D eigenvalue weighted by Gasteiger charge is 2.15. The van der Waals surface area contributed by atoms with Crippen molar-refractivity contribution in [3.05, 3.63) is 24.5 Å².